The largest absolute Gasteiger partial charge is 0.465 e. The molecule has 3 rings (SSSR count). The Morgan fingerprint density at radius 1 is 0.897 bits per heavy atom. The Kier molecular flexibility index (Phi) is 6.91. The molecule has 6 nitrogen and oxygen atoms in total. The minimum absolute atomic E-state index is 0.0944. The van der Waals surface area contributed by atoms with Gasteiger partial charge in [-0.1, -0.05) is 30.3 Å². The van der Waals surface area contributed by atoms with Crippen LogP contribution >= 0.6 is 12.2 Å². The molecule has 0 fully saturated rings. The van der Waals surface area contributed by atoms with E-state index in [-0.39, 0.29) is 16.9 Å². The molecule has 0 atom stereocenters. The Labute approximate surface area is 173 Å². The van der Waals surface area contributed by atoms with Crippen LogP contribution in [-0.4, -0.2) is 16.9 Å². The number of benzene rings is 2. The van der Waals surface area contributed by atoms with Crippen LogP contribution in [0.15, 0.2) is 83.5 Å². The maximum atomic E-state index is 12.1. The van der Waals surface area contributed by atoms with Gasteiger partial charge in [0, 0.05) is 17.5 Å². The molecule has 146 valence electrons. The summed E-state index contributed by atoms with van der Waals surface area (Å²) in [5, 5.41) is 8.48. The van der Waals surface area contributed by atoms with Crippen LogP contribution < -0.4 is 16.0 Å². The van der Waals surface area contributed by atoms with Crippen molar-refractivity contribution < 1.29 is 14.0 Å². The first kappa shape index (κ1) is 20.0. The molecule has 0 spiro atoms. The highest BCUT2D eigenvalue weighted by Crippen LogP contribution is 2.14. The van der Waals surface area contributed by atoms with E-state index in [2.05, 4.69) is 16.0 Å². The quantitative estimate of drug-likeness (QED) is 0.427. The van der Waals surface area contributed by atoms with Gasteiger partial charge in [0.15, 0.2) is 5.11 Å². The van der Waals surface area contributed by atoms with Crippen LogP contribution in [0.5, 0.6) is 0 Å². The lowest BCUT2D eigenvalue weighted by Crippen LogP contribution is -2.32. The van der Waals surface area contributed by atoms with E-state index in [1.54, 1.807) is 42.5 Å². The van der Waals surface area contributed by atoms with E-state index >= 15 is 0 Å². The van der Waals surface area contributed by atoms with Crippen LogP contribution in [-0.2, 0) is 16.0 Å². The van der Waals surface area contributed by atoms with Gasteiger partial charge in [-0.25, -0.2) is 0 Å². The summed E-state index contributed by atoms with van der Waals surface area (Å²) in [6.07, 6.45) is 4.71. The summed E-state index contributed by atoms with van der Waals surface area (Å²) in [6, 6.07) is 20.0. The number of hydrogen-bond acceptors (Lipinski definition) is 4. The molecule has 0 saturated heterocycles. The van der Waals surface area contributed by atoms with Crippen molar-refractivity contribution in [2.24, 2.45) is 0 Å². The van der Waals surface area contributed by atoms with E-state index in [0.29, 0.717) is 23.6 Å². The van der Waals surface area contributed by atoms with Crippen molar-refractivity contribution in [1.29, 1.82) is 0 Å². The Balaban J connectivity index is 1.46. The molecule has 0 unspecified atom stereocenters. The summed E-state index contributed by atoms with van der Waals surface area (Å²) in [5.41, 5.74) is 2.31. The molecule has 2 amide bonds. The summed E-state index contributed by atoms with van der Waals surface area (Å²) in [7, 11) is 0. The molecule has 0 bridgehead atoms. The lowest BCUT2D eigenvalue weighted by Gasteiger charge is -2.10. The second-order valence-corrected chi connectivity index (χ2v) is 6.49. The highest BCUT2D eigenvalue weighted by molar-refractivity contribution is 7.80. The smallest absolute Gasteiger partial charge is 0.250 e. The van der Waals surface area contributed by atoms with Crippen molar-refractivity contribution in [2.45, 2.75) is 6.42 Å². The zero-order valence-electron chi connectivity index (χ0n) is 15.4. The SMILES string of the molecule is O=C(/C=C/c1ccco1)NC(=S)Nc1ccc(NC(=O)Cc2ccccc2)cc1. The minimum Gasteiger partial charge on any atom is -0.465 e. The summed E-state index contributed by atoms with van der Waals surface area (Å²) in [6.45, 7) is 0. The number of furan rings is 1. The van der Waals surface area contributed by atoms with Crippen LogP contribution in [0.1, 0.15) is 11.3 Å². The Bertz CT molecular complexity index is 998. The van der Waals surface area contributed by atoms with Gasteiger partial charge in [0.2, 0.25) is 11.8 Å². The first-order valence-corrected chi connectivity index (χ1v) is 9.27. The van der Waals surface area contributed by atoms with Crippen LogP contribution in [0.4, 0.5) is 11.4 Å². The van der Waals surface area contributed by atoms with Crippen LogP contribution in [0.3, 0.4) is 0 Å². The first-order chi connectivity index (χ1) is 14.1. The zero-order valence-corrected chi connectivity index (χ0v) is 16.2. The summed E-state index contributed by atoms with van der Waals surface area (Å²) < 4.78 is 5.11. The van der Waals surface area contributed by atoms with Crippen molar-refractivity contribution in [1.82, 2.24) is 5.32 Å². The van der Waals surface area contributed by atoms with Crippen molar-refractivity contribution in [3.8, 4) is 0 Å². The molecule has 0 aliphatic heterocycles. The average molecular weight is 405 g/mol. The predicted molar refractivity (Wildman–Crippen MR) is 117 cm³/mol. The van der Waals surface area contributed by atoms with Crippen molar-refractivity contribution >= 4 is 46.6 Å². The molecule has 3 N–H and O–H groups in total. The molecule has 3 aromatic rings. The third-order valence-electron chi connectivity index (χ3n) is 3.81. The van der Waals surface area contributed by atoms with Gasteiger partial charge in [0.25, 0.3) is 0 Å². The Morgan fingerprint density at radius 2 is 1.59 bits per heavy atom. The molecule has 0 aliphatic rings. The lowest BCUT2D eigenvalue weighted by molar-refractivity contribution is -0.116. The lowest BCUT2D eigenvalue weighted by atomic mass is 10.1. The van der Waals surface area contributed by atoms with E-state index < -0.39 is 0 Å². The fourth-order valence-corrected chi connectivity index (χ4v) is 2.70. The van der Waals surface area contributed by atoms with E-state index in [9.17, 15) is 9.59 Å². The maximum absolute atomic E-state index is 12.1. The fourth-order valence-electron chi connectivity index (χ4n) is 2.48. The summed E-state index contributed by atoms with van der Waals surface area (Å²) in [5.74, 6) is 0.107. The first-order valence-electron chi connectivity index (χ1n) is 8.86. The van der Waals surface area contributed by atoms with Gasteiger partial charge in [-0.3, -0.25) is 14.9 Å². The topological polar surface area (TPSA) is 83.4 Å². The van der Waals surface area contributed by atoms with Crippen molar-refractivity contribution in [2.75, 3.05) is 10.6 Å². The number of carbonyl (C=O) groups excluding carboxylic acids is 2. The van der Waals surface area contributed by atoms with Gasteiger partial charge >= 0.3 is 0 Å². The molecular formula is C22H19N3O3S. The molecular weight excluding hydrogens is 386 g/mol. The van der Waals surface area contributed by atoms with Crippen molar-refractivity contribution in [3.63, 3.8) is 0 Å². The van der Waals surface area contributed by atoms with Crippen LogP contribution in [0.25, 0.3) is 6.08 Å². The Morgan fingerprint density at radius 3 is 2.24 bits per heavy atom. The highest BCUT2D eigenvalue weighted by Gasteiger charge is 2.05. The van der Waals surface area contributed by atoms with E-state index in [1.165, 1.54) is 12.3 Å². The van der Waals surface area contributed by atoms with Crippen LogP contribution in [0, 0.1) is 0 Å². The maximum Gasteiger partial charge on any atom is 0.250 e. The third-order valence-corrected chi connectivity index (χ3v) is 4.02. The monoisotopic (exact) mass is 405 g/mol. The molecule has 7 heteroatoms. The predicted octanol–water partition coefficient (Wildman–Crippen LogP) is 3.99. The standard InChI is InChI=1S/C22H19N3O3S/c26-20(13-12-19-7-4-14-28-19)25-22(29)24-18-10-8-17(9-11-18)23-21(27)15-16-5-2-1-3-6-16/h1-14H,15H2,(H,23,27)(H2,24,25,26,29)/b13-12+. The van der Waals surface area contributed by atoms with E-state index in [4.69, 9.17) is 16.6 Å². The summed E-state index contributed by atoms with van der Waals surface area (Å²) in [4.78, 5) is 24.0. The van der Waals surface area contributed by atoms with Gasteiger partial charge in [-0.15, -0.1) is 0 Å². The second-order valence-electron chi connectivity index (χ2n) is 6.08. The molecule has 1 heterocycles. The van der Waals surface area contributed by atoms with E-state index in [1.807, 2.05) is 30.3 Å². The Hall–Kier alpha value is -3.71. The third kappa shape index (κ3) is 6.75. The molecule has 0 radical (unpaired) electrons. The average Bonchev–Trinajstić information content (AvgIpc) is 3.22. The number of hydrogen-bond donors (Lipinski definition) is 3. The molecule has 2 aromatic carbocycles. The number of nitrogens with one attached hydrogen (secondary N) is 3. The molecule has 0 saturated carbocycles. The minimum atomic E-state index is -0.372. The summed E-state index contributed by atoms with van der Waals surface area (Å²) >= 11 is 5.13. The molecule has 1 aromatic heterocycles. The molecule has 0 aliphatic carbocycles. The number of rotatable bonds is 6. The van der Waals surface area contributed by atoms with Crippen LogP contribution in [0.2, 0.25) is 0 Å². The number of amides is 2. The number of carbonyl (C=O) groups is 2. The van der Waals surface area contributed by atoms with Crippen molar-refractivity contribution in [3.05, 3.63) is 90.4 Å². The molecule has 29 heavy (non-hydrogen) atoms. The van der Waals surface area contributed by atoms with Gasteiger partial charge < -0.3 is 15.1 Å². The number of anilines is 2. The fraction of sp³-hybridized carbons (Fsp3) is 0.0455. The number of thiocarbonyl (C=S) groups is 1. The van der Waals surface area contributed by atoms with E-state index in [0.717, 1.165) is 5.56 Å². The van der Waals surface area contributed by atoms with Gasteiger partial charge in [-0.05, 0) is 60.3 Å². The normalized spacial score (nSPS) is 10.5. The van der Waals surface area contributed by atoms with Gasteiger partial charge in [0.1, 0.15) is 5.76 Å². The highest BCUT2D eigenvalue weighted by atomic mass is 32.1. The van der Waals surface area contributed by atoms with Gasteiger partial charge in [0.05, 0.1) is 12.7 Å². The van der Waals surface area contributed by atoms with Gasteiger partial charge in [-0.2, -0.15) is 0 Å². The second kappa shape index (κ2) is 10.0. The zero-order chi connectivity index (χ0) is 20.5.